The number of nitrogens with zero attached hydrogens (tertiary/aromatic N) is 2. The minimum absolute atomic E-state index is 0.0258. The van der Waals surface area contributed by atoms with Gasteiger partial charge in [0, 0.05) is 49.9 Å². The van der Waals surface area contributed by atoms with Crippen LogP contribution >= 0.6 is 0 Å². The first-order valence-corrected chi connectivity index (χ1v) is 10.1. The average molecular weight is 365 g/mol. The molecule has 0 bridgehead atoms. The third-order valence-corrected chi connectivity index (χ3v) is 6.01. The third-order valence-electron chi connectivity index (χ3n) is 6.01. The summed E-state index contributed by atoms with van der Waals surface area (Å²) in [6.07, 6.45) is 5.65. The number of hydrogen-bond donors (Lipinski definition) is 1. The first kappa shape index (κ1) is 18.0. The van der Waals surface area contributed by atoms with Crippen molar-refractivity contribution in [3.63, 3.8) is 0 Å². The lowest BCUT2D eigenvalue weighted by Gasteiger charge is -2.31. The number of aromatic amines is 1. The van der Waals surface area contributed by atoms with E-state index in [1.807, 2.05) is 11.0 Å². The van der Waals surface area contributed by atoms with E-state index < -0.39 is 0 Å². The van der Waals surface area contributed by atoms with Crippen LogP contribution in [-0.4, -0.2) is 39.9 Å². The average Bonchev–Trinajstić information content (AvgIpc) is 3.32. The number of carbonyl (C=O) groups is 2. The second-order valence-corrected chi connectivity index (χ2v) is 7.90. The molecule has 2 aromatic rings. The lowest BCUT2D eigenvalue weighted by atomic mass is 9.92. The quantitative estimate of drug-likeness (QED) is 0.882. The van der Waals surface area contributed by atoms with Gasteiger partial charge in [0.2, 0.25) is 5.91 Å². The Bertz CT molecular complexity index is 791. The predicted octanol–water partition coefficient (Wildman–Crippen LogP) is 3.47. The van der Waals surface area contributed by atoms with Crippen LogP contribution in [0.25, 0.3) is 0 Å². The molecule has 2 heterocycles. The van der Waals surface area contributed by atoms with Crippen molar-refractivity contribution in [2.75, 3.05) is 13.1 Å². The molecule has 27 heavy (non-hydrogen) atoms. The fraction of sp³-hybridized carbons (Fsp3) is 0.500. The molecule has 2 fully saturated rings. The van der Waals surface area contributed by atoms with E-state index in [0.717, 1.165) is 56.6 Å². The van der Waals surface area contributed by atoms with E-state index >= 15 is 0 Å². The van der Waals surface area contributed by atoms with Gasteiger partial charge in [-0.1, -0.05) is 30.3 Å². The maximum absolute atomic E-state index is 12.5. The van der Waals surface area contributed by atoms with Crippen molar-refractivity contribution < 1.29 is 9.59 Å². The van der Waals surface area contributed by atoms with E-state index in [-0.39, 0.29) is 17.6 Å². The second kappa shape index (κ2) is 8.07. The van der Waals surface area contributed by atoms with E-state index in [1.54, 1.807) is 0 Å². The monoisotopic (exact) mass is 365 g/mol. The van der Waals surface area contributed by atoms with Crippen molar-refractivity contribution in [3.8, 4) is 0 Å². The molecule has 1 aromatic carbocycles. The Labute approximate surface area is 160 Å². The topological polar surface area (TPSA) is 66.1 Å². The van der Waals surface area contributed by atoms with Crippen molar-refractivity contribution in [1.29, 1.82) is 0 Å². The first-order valence-electron chi connectivity index (χ1n) is 10.1. The third kappa shape index (κ3) is 4.29. The van der Waals surface area contributed by atoms with Crippen LogP contribution in [0.15, 0.2) is 36.4 Å². The van der Waals surface area contributed by atoms with E-state index in [0.29, 0.717) is 18.8 Å². The van der Waals surface area contributed by atoms with Crippen LogP contribution in [0.4, 0.5) is 0 Å². The molecule has 0 spiro atoms. The number of rotatable bonds is 5. The van der Waals surface area contributed by atoms with E-state index in [2.05, 4.69) is 40.5 Å². The number of ketones is 1. The van der Waals surface area contributed by atoms with Crippen molar-refractivity contribution in [1.82, 2.24) is 15.1 Å². The summed E-state index contributed by atoms with van der Waals surface area (Å²) in [5.41, 5.74) is 3.52. The van der Waals surface area contributed by atoms with Crippen LogP contribution in [0.5, 0.6) is 0 Å². The number of carbonyl (C=O) groups excluding carboxylic acids is 2. The molecule has 5 heteroatoms. The molecule has 1 N–H and O–H groups in total. The molecule has 142 valence electrons. The highest BCUT2D eigenvalue weighted by Gasteiger charge is 2.30. The van der Waals surface area contributed by atoms with Gasteiger partial charge in [0.1, 0.15) is 5.78 Å². The van der Waals surface area contributed by atoms with Crippen molar-refractivity contribution in [3.05, 3.63) is 53.3 Å². The van der Waals surface area contributed by atoms with E-state index in [9.17, 15) is 9.59 Å². The number of Topliss-reactive ketones (excluding diaryl/α,β-unsaturated/α-hetero) is 1. The fourth-order valence-electron chi connectivity index (χ4n) is 4.36. The molecule has 1 aromatic heterocycles. The van der Waals surface area contributed by atoms with Crippen LogP contribution < -0.4 is 0 Å². The van der Waals surface area contributed by atoms with E-state index in [1.165, 1.54) is 5.56 Å². The van der Waals surface area contributed by atoms with Crippen LogP contribution in [0.1, 0.15) is 61.4 Å². The van der Waals surface area contributed by atoms with Crippen molar-refractivity contribution in [2.24, 2.45) is 5.92 Å². The maximum atomic E-state index is 12.5. The van der Waals surface area contributed by atoms with E-state index in [4.69, 9.17) is 0 Å². The number of piperidine rings is 1. The van der Waals surface area contributed by atoms with Gasteiger partial charge < -0.3 is 4.90 Å². The van der Waals surface area contributed by atoms with Crippen LogP contribution in [0, 0.1) is 5.92 Å². The minimum atomic E-state index is -0.0258. The maximum Gasteiger partial charge on any atom is 0.223 e. The van der Waals surface area contributed by atoms with Gasteiger partial charge >= 0.3 is 0 Å². The summed E-state index contributed by atoms with van der Waals surface area (Å²) in [7, 11) is 0. The number of nitrogens with one attached hydrogen (secondary N) is 1. The summed E-state index contributed by atoms with van der Waals surface area (Å²) in [6, 6.07) is 12.6. The summed E-state index contributed by atoms with van der Waals surface area (Å²) >= 11 is 0. The molecular formula is C22H27N3O2. The summed E-state index contributed by atoms with van der Waals surface area (Å²) < 4.78 is 0. The number of hydrogen-bond acceptors (Lipinski definition) is 3. The summed E-state index contributed by atoms with van der Waals surface area (Å²) in [5, 5.41) is 7.70. The number of benzene rings is 1. The second-order valence-electron chi connectivity index (χ2n) is 7.90. The zero-order chi connectivity index (χ0) is 18.6. The van der Waals surface area contributed by atoms with Gasteiger partial charge in [-0.05, 0) is 37.3 Å². The van der Waals surface area contributed by atoms with Gasteiger partial charge in [-0.15, -0.1) is 0 Å². The highest BCUT2D eigenvalue weighted by Crippen LogP contribution is 2.29. The fourth-order valence-corrected chi connectivity index (χ4v) is 4.36. The highest BCUT2D eigenvalue weighted by molar-refractivity contribution is 5.88. The number of aromatic nitrogens is 2. The molecule has 1 saturated heterocycles. The standard InChI is InChI=1S/C22H27N3O2/c26-21-8-4-7-18(21)14-22(27)25-11-9-17(10-12-25)20-15-19(23-24-20)13-16-5-2-1-3-6-16/h1-3,5-6,15,17-18H,4,7-14H2,(H,23,24)/t18-/m0/s1. The minimum Gasteiger partial charge on any atom is -0.343 e. The van der Waals surface area contributed by atoms with Gasteiger partial charge in [-0.2, -0.15) is 5.10 Å². The van der Waals surface area contributed by atoms with Crippen molar-refractivity contribution in [2.45, 2.75) is 50.9 Å². The highest BCUT2D eigenvalue weighted by atomic mass is 16.2. The molecule has 1 amide bonds. The lowest BCUT2D eigenvalue weighted by molar-refractivity contribution is -0.135. The Hall–Kier alpha value is -2.43. The van der Waals surface area contributed by atoms with Crippen LogP contribution in [-0.2, 0) is 16.0 Å². The first-order chi connectivity index (χ1) is 13.2. The summed E-state index contributed by atoms with van der Waals surface area (Å²) in [4.78, 5) is 26.2. The van der Waals surface area contributed by atoms with Crippen LogP contribution in [0.3, 0.4) is 0 Å². The number of H-pyrrole nitrogens is 1. The Morgan fingerprint density at radius 1 is 1.15 bits per heavy atom. The molecular weight excluding hydrogens is 338 g/mol. The van der Waals surface area contributed by atoms with Gasteiger partial charge in [-0.25, -0.2) is 0 Å². The molecule has 1 aliphatic carbocycles. The molecule has 0 unspecified atom stereocenters. The molecule has 1 atom stereocenters. The Morgan fingerprint density at radius 3 is 2.63 bits per heavy atom. The molecule has 1 saturated carbocycles. The molecule has 4 rings (SSSR count). The van der Waals surface area contributed by atoms with Gasteiger partial charge in [-0.3, -0.25) is 14.7 Å². The smallest absolute Gasteiger partial charge is 0.223 e. The predicted molar refractivity (Wildman–Crippen MR) is 103 cm³/mol. The Balaban J connectivity index is 1.29. The molecule has 1 aliphatic heterocycles. The summed E-state index contributed by atoms with van der Waals surface area (Å²) in [6.45, 7) is 1.54. The Kier molecular flexibility index (Phi) is 5.37. The zero-order valence-corrected chi connectivity index (χ0v) is 15.7. The van der Waals surface area contributed by atoms with Crippen LogP contribution in [0.2, 0.25) is 0 Å². The SMILES string of the molecule is O=C1CCC[C@H]1CC(=O)N1CCC(c2cc(Cc3ccccc3)[nH]n2)CC1. The van der Waals surface area contributed by atoms with Crippen molar-refractivity contribution >= 4 is 11.7 Å². The molecule has 2 aliphatic rings. The summed E-state index contributed by atoms with van der Waals surface area (Å²) in [5.74, 6) is 0.811. The van der Waals surface area contributed by atoms with Gasteiger partial charge in [0.15, 0.2) is 0 Å². The largest absolute Gasteiger partial charge is 0.343 e. The number of likely N-dealkylation sites (tertiary alicyclic amines) is 1. The van der Waals surface area contributed by atoms with Gasteiger partial charge in [0.25, 0.3) is 0 Å². The van der Waals surface area contributed by atoms with Gasteiger partial charge in [0.05, 0.1) is 5.69 Å². The molecule has 5 nitrogen and oxygen atoms in total. The lowest BCUT2D eigenvalue weighted by Crippen LogP contribution is -2.39. The molecule has 0 radical (unpaired) electrons. The normalized spacial score (nSPS) is 21.0. The Morgan fingerprint density at radius 2 is 1.93 bits per heavy atom. The zero-order valence-electron chi connectivity index (χ0n) is 15.7. The number of amides is 1.